The second kappa shape index (κ2) is 7.14. The van der Waals surface area contributed by atoms with Gasteiger partial charge in [-0.15, -0.1) is 0 Å². The van der Waals surface area contributed by atoms with Crippen LogP contribution in [-0.2, 0) is 0 Å². The van der Waals surface area contributed by atoms with Crippen LogP contribution in [0.25, 0.3) is 0 Å². The molecule has 1 amide bonds. The molecule has 126 valence electrons. The number of hydrogen-bond acceptors (Lipinski definition) is 3. The molecule has 0 unspecified atom stereocenters. The van der Waals surface area contributed by atoms with E-state index in [0.29, 0.717) is 23.7 Å². The van der Waals surface area contributed by atoms with E-state index >= 15 is 0 Å². The summed E-state index contributed by atoms with van der Waals surface area (Å²) in [4.78, 5) is 14.3. The molecule has 0 aliphatic carbocycles. The van der Waals surface area contributed by atoms with Crippen molar-refractivity contribution in [3.8, 4) is 11.5 Å². The molecule has 4 nitrogen and oxygen atoms in total. The first-order valence-electron chi connectivity index (χ1n) is 8.04. The van der Waals surface area contributed by atoms with Crippen molar-refractivity contribution in [2.45, 2.75) is 25.9 Å². The Hall–Kier alpha value is -2.20. The Morgan fingerprint density at radius 3 is 2.46 bits per heavy atom. The van der Waals surface area contributed by atoms with Gasteiger partial charge in [0.15, 0.2) is 0 Å². The number of likely N-dealkylation sites (tertiary alicyclic amines) is 1. The van der Waals surface area contributed by atoms with Crippen LogP contribution in [0.4, 0.5) is 0 Å². The summed E-state index contributed by atoms with van der Waals surface area (Å²) >= 11 is 5.87. The monoisotopic (exact) mass is 345 g/mol. The Morgan fingerprint density at radius 2 is 1.83 bits per heavy atom. The molecule has 1 N–H and O–H groups in total. The lowest BCUT2D eigenvalue weighted by Crippen LogP contribution is -2.41. The van der Waals surface area contributed by atoms with Crippen molar-refractivity contribution in [1.29, 1.82) is 0 Å². The largest absolute Gasteiger partial charge is 0.508 e. The van der Waals surface area contributed by atoms with Gasteiger partial charge in [0.1, 0.15) is 17.6 Å². The first-order valence-corrected chi connectivity index (χ1v) is 8.42. The summed E-state index contributed by atoms with van der Waals surface area (Å²) in [6.45, 7) is 3.10. The van der Waals surface area contributed by atoms with Crippen molar-refractivity contribution in [2.24, 2.45) is 0 Å². The molecule has 5 heteroatoms. The highest BCUT2D eigenvalue weighted by atomic mass is 35.5. The zero-order valence-electron chi connectivity index (χ0n) is 13.5. The Kier molecular flexibility index (Phi) is 4.95. The average molecular weight is 346 g/mol. The van der Waals surface area contributed by atoms with E-state index in [9.17, 15) is 9.90 Å². The standard InChI is InChI=1S/C19H20ClNO3/c1-13-2-3-14(12-18(13)22)19(23)21-10-8-17(9-11-21)24-16-6-4-15(20)5-7-16/h2-7,12,17,22H,8-11H2,1H3. The molecule has 2 aromatic rings. The van der Waals surface area contributed by atoms with E-state index in [1.807, 2.05) is 24.0 Å². The summed E-state index contributed by atoms with van der Waals surface area (Å²) in [6.07, 6.45) is 1.67. The third kappa shape index (κ3) is 3.82. The fraction of sp³-hybridized carbons (Fsp3) is 0.316. The summed E-state index contributed by atoms with van der Waals surface area (Å²) in [6, 6.07) is 12.4. The van der Waals surface area contributed by atoms with Gasteiger partial charge in [0, 0.05) is 36.5 Å². The number of aromatic hydroxyl groups is 1. The van der Waals surface area contributed by atoms with Gasteiger partial charge in [0.05, 0.1) is 0 Å². The van der Waals surface area contributed by atoms with Gasteiger partial charge < -0.3 is 14.7 Å². The normalized spacial score (nSPS) is 15.3. The van der Waals surface area contributed by atoms with E-state index in [0.717, 1.165) is 24.2 Å². The minimum atomic E-state index is -0.0461. The van der Waals surface area contributed by atoms with Crippen LogP contribution in [0.15, 0.2) is 42.5 Å². The highest BCUT2D eigenvalue weighted by Crippen LogP contribution is 2.23. The number of benzene rings is 2. The number of amides is 1. The van der Waals surface area contributed by atoms with Gasteiger partial charge in [-0.3, -0.25) is 4.79 Å². The molecular formula is C19H20ClNO3. The van der Waals surface area contributed by atoms with E-state index in [2.05, 4.69) is 0 Å². The average Bonchev–Trinajstić information content (AvgIpc) is 2.59. The van der Waals surface area contributed by atoms with E-state index < -0.39 is 0 Å². The Labute approximate surface area is 146 Å². The maximum absolute atomic E-state index is 12.5. The van der Waals surface area contributed by atoms with Crippen molar-refractivity contribution >= 4 is 17.5 Å². The van der Waals surface area contributed by atoms with Gasteiger partial charge in [0.25, 0.3) is 5.91 Å². The molecule has 3 rings (SSSR count). The summed E-state index contributed by atoms with van der Waals surface area (Å²) < 4.78 is 5.94. The lowest BCUT2D eigenvalue weighted by molar-refractivity contribution is 0.0595. The Morgan fingerprint density at radius 1 is 1.17 bits per heavy atom. The minimum Gasteiger partial charge on any atom is -0.508 e. The van der Waals surface area contributed by atoms with Crippen molar-refractivity contribution in [2.75, 3.05) is 13.1 Å². The molecule has 0 aromatic heterocycles. The minimum absolute atomic E-state index is 0.0461. The second-order valence-corrected chi connectivity index (χ2v) is 6.50. The molecule has 0 spiro atoms. The number of rotatable bonds is 3. The summed E-state index contributed by atoms with van der Waals surface area (Å²) in [5.74, 6) is 0.907. The van der Waals surface area contributed by atoms with Gasteiger partial charge >= 0.3 is 0 Å². The first kappa shape index (κ1) is 16.7. The number of halogens is 1. The van der Waals surface area contributed by atoms with Crippen molar-refractivity contribution in [3.63, 3.8) is 0 Å². The van der Waals surface area contributed by atoms with Crippen molar-refractivity contribution in [1.82, 2.24) is 4.90 Å². The lowest BCUT2D eigenvalue weighted by Gasteiger charge is -2.32. The highest BCUT2D eigenvalue weighted by molar-refractivity contribution is 6.30. The van der Waals surface area contributed by atoms with Gasteiger partial charge in [-0.2, -0.15) is 0 Å². The van der Waals surface area contributed by atoms with Crippen LogP contribution in [-0.4, -0.2) is 35.1 Å². The summed E-state index contributed by atoms with van der Waals surface area (Å²) in [5, 5.41) is 10.5. The number of phenols is 1. The fourth-order valence-corrected chi connectivity index (χ4v) is 2.93. The zero-order chi connectivity index (χ0) is 17.1. The SMILES string of the molecule is Cc1ccc(C(=O)N2CCC(Oc3ccc(Cl)cc3)CC2)cc1O. The van der Waals surface area contributed by atoms with E-state index in [1.54, 1.807) is 24.3 Å². The molecular weight excluding hydrogens is 326 g/mol. The number of hydrogen-bond donors (Lipinski definition) is 1. The molecule has 2 aromatic carbocycles. The Bertz CT molecular complexity index is 722. The maximum Gasteiger partial charge on any atom is 0.253 e. The first-order chi connectivity index (χ1) is 11.5. The van der Waals surface area contributed by atoms with Crippen LogP contribution < -0.4 is 4.74 Å². The molecule has 1 heterocycles. The Balaban J connectivity index is 1.57. The number of phenolic OH excluding ortho intramolecular Hbond substituents is 1. The second-order valence-electron chi connectivity index (χ2n) is 6.06. The van der Waals surface area contributed by atoms with Gasteiger partial charge in [0.2, 0.25) is 0 Å². The van der Waals surface area contributed by atoms with Crippen molar-refractivity contribution < 1.29 is 14.6 Å². The topological polar surface area (TPSA) is 49.8 Å². The van der Waals surface area contributed by atoms with E-state index in [4.69, 9.17) is 16.3 Å². The van der Waals surface area contributed by atoms with Gasteiger partial charge in [-0.1, -0.05) is 17.7 Å². The summed E-state index contributed by atoms with van der Waals surface area (Å²) in [7, 11) is 0. The number of carbonyl (C=O) groups excluding carboxylic acids is 1. The molecule has 0 radical (unpaired) electrons. The molecule has 24 heavy (non-hydrogen) atoms. The van der Waals surface area contributed by atoms with Crippen LogP contribution in [0.3, 0.4) is 0 Å². The van der Waals surface area contributed by atoms with Crippen LogP contribution in [0.2, 0.25) is 5.02 Å². The summed E-state index contributed by atoms with van der Waals surface area (Å²) in [5.41, 5.74) is 1.29. The zero-order valence-corrected chi connectivity index (χ0v) is 14.3. The van der Waals surface area contributed by atoms with Crippen molar-refractivity contribution in [3.05, 3.63) is 58.6 Å². The maximum atomic E-state index is 12.5. The molecule has 0 bridgehead atoms. The smallest absolute Gasteiger partial charge is 0.253 e. The predicted molar refractivity (Wildman–Crippen MR) is 93.8 cm³/mol. The predicted octanol–water partition coefficient (Wildman–Crippen LogP) is 4.04. The van der Waals surface area contributed by atoms with E-state index in [-0.39, 0.29) is 17.8 Å². The molecule has 1 saturated heterocycles. The number of ether oxygens (including phenoxy) is 1. The van der Waals surface area contributed by atoms with Crippen LogP contribution >= 0.6 is 11.6 Å². The van der Waals surface area contributed by atoms with Crippen LogP contribution in [0, 0.1) is 6.92 Å². The molecule has 0 saturated carbocycles. The van der Waals surface area contributed by atoms with Gasteiger partial charge in [-0.05, 0) is 48.9 Å². The highest BCUT2D eigenvalue weighted by Gasteiger charge is 2.25. The molecule has 1 fully saturated rings. The fourth-order valence-electron chi connectivity index (χ4n) is 2.81. The number of piperidine rings is 1. The molecule has 0 atom stereocenters. The van der Waals surface area contributed by atoms with E-state index in [1.165, 1.54) is 6.07 Å². The number of carbonyl (C=O) groups is 1. The van der Waals surface area contributed by atoms with Crippen LogP contribution in [0.1, 0.15) is 28.8 Å². The number of aryl methyl sites for hydroxylation is 1. The number of nitrogens with zero attached hydrogens (tertiary/aromatic N) is 1. The van der Waals surface area contributed by atoms with Gasteiger partial charge in [-0.25, -0.2) is 0 Å². The molecule has 1 aliphatic heterocycles. The third-order valence-electron chi connectivity index (χ3n) is 4.30. The van der Waals surface area contributed by atoms with Crippen LogP contribution in [0.5, 0.6) is 11.5 Å². The third-order valence-corrected chi connectivity index (χ3v) is 4.55. The molecule has 1 aliphatic rings. The lowest BCUT2D eigenvalue weighted by atomic mass is 10.1. The quantitative estimate of drug-likeness (QED) is 0.913.